The Hall–Kier alpha value is -1.26. The van der Waals surface area contributed by atoms with Crippen LogP contribution in [-0.2, 0) is 9.53 Å². The zero-order valence-electron chi connectivity index (χ0n) is 15.6. The van der Waals surface area contributed by atoms with E-state index >= 15 is 0 Å². The summed E-state index contributed by atoms with van der Waals surface area (Å²) >= 11 is 6.27. The minimum atomic E-state index is -0.725. The second kappa shape index (κ2) is 9.44. The fraction of sp³-hybridized carbons (Fsp3) is 0.650. The highest BCUT2D eigenvalue weighted by molar-refractivity contribution is 6.32. The molecule has 1 fully saturated rings. The van der Waals surface area contributed by atoms with Gasteiger partial charge in [0.1, 0.15) is 11.4 Å². The van der Waals surface area contributed by atoms with E-state index in [0.29, 0.717) is 35.6 Å². The van der Waals surface area contributed by atoms with E-state index in [1.165, 1.54) is 0 Å². The highest BCUT2D eigenvalue weighted by Crippen LogP contribution is 2.37. The molecule has 0 aromatic heterocycles. The Labute approximate surface area is 156 Å². The first-order valence-corrected chi connectivity index (χ1v) is 9.76. The second-order valence-electron chi connectivity index (χ2n) is 6.99. The quantitative estimate of drug-likeness (QED) is 0.665. The van der Waals surface area contributed by atoms with E-state index in [2.05, 4.69) is 19.2 Å². The molecule has 140 valence electrons. The summed E-state index contributed by atoms with van der Waals surface area (Å²) in [5.74, 6) is 1.07. The van der Waals surface area contributed by atoms with Gasteiger partial charge in [-0.25, -0.2) is 0 Å². The number of carbonyl (C=O) groups excluding carboxylic acids is 1. The summed E-state index contributed by atoms with van der Waals surface area (Å²) in [5.41, 5.74) is -0.0473. The number of hydrogen-bond acceptors (Lipinski definition) is 3. The van der Waals surface area contributed by atoms with Crippen molar-refractivity contribution in [2.24, 2.45) is 5.92 Å². The Morgan fingerprint density at radius 2 is 2.08 bits per heavy atom. The molecule has 25 heavy (non-hydrogen) atoms. The molecule has 1 N–H and O–H groups in total. The maximum absolute atomic E-state index is 13.0. The monoisotopic (exact) mass is 367 g/mol. The highest BCUT2D eigenvalue weighted by Gasteiger charge is 2.42. The molecule has 4 nitrogen and oxygen atoms in total. The number of rotatable bonds is 8. The Bertz CT molecular complexity index is 578. The Balaban J connectivity index is 2.10. The summed E-state index contributed by atoms with van der Waals surface area (Å²) in [7, 11) is 0. The number of anilines is 1. The fourth-order valence-corrected chi connectivity index (χ4v) is 3.59. The number of ether oxygens (including phenoxy) is 2. The molecule has 2 rings (SSSR count). The summed E-state index contributed by atoms with van der Waals surface area (Å²) in [4.78, 5) is 13.0. The van der Waals surface area contributed by atoms with Gasteiger partial charge in [0.25, 0.3) is 5.91 Å². The van der Waals surface area contributed by atoms with Gasteiger partial charge in [0, 0.05) is 12.3 Å². The van der Waals surface area contributed by atoms with Crippen LogP contribution in [0.5, 0.6) is 5.75 Å². The predicted octanol–water partition coefficient (Wildman–Crippen LogP) is 5.44. The third kappa shape index (κ3) is 5.35. The molecule has 0 radical (unpaired) electrons. The minimum absolute atomic E-state index is 0.0641. The van der Waals surface area contributed by atoms with Gasteiger partial charge in [0.05, 0.1) is 11.6 Å². The average Bonchev–Trinajstić information content (AvgIpc) is 2.59. The molecule has 5 heteroatoms. The lowest BCUT2D eigenvalue weighted by molar-refractivity contribution is -0.148. The van der Waals surface area contributed by atoms with E-state index in [1.54, 1.807) is 12.1 Å². The van der Waals surface area contributed by atoms with Crippen molar-refractivity contribution < 1.29 is 14.3 Å². The van der Waals surface area contributed by atoms with Crippen molar-refractivity contribution in [1.29, 1.82) is 0 Å². The third-order valence-electron chi connectivity index (χ3n) is 4.60. The summed E-state index contributed by atoms with van der Waals surface area (Å²) < 4.78 is 11.6. The van der Waals surface area contributed by atoms with Crippen LogP contribution in [0.1, 0.15) is 59.3 Å². The number of halogens is 1. The van der Waals surface area contributed by atoms with Crippen LogP contribution in [0.3, 0.4) is 0 Å². The van der Waals surface area contributed by atoms with Crippen LogP contribution in [0.2, 0.25) is 5.02 Å². The molecule has 0 saturated heterocycles. The van der Waals surface area contributed by atoms with E-state index in [1.807, 2.05) is 13.0 Å². The van der Waals surface area contributed by atoms with Crippen molar-refractivity contribution in [3.05, 3.63) is 23.2 Å². The lowest BCUT2D eigenvalue weighted by Crippen LogP contribution is -2.48. The van der Waals surface area contributed by atoms with E-state index in [9.17, 15) is 4.79 Å². The third-order valence-corrected chi connectivity index (χ3v) is 4.90. The van der Waals surface area contributed by atoms with Crippen molar-refractivity contribution in [3.8, 4) is 5.75 Å². The molecule has 0 spiro atoms. The highest BCUT2D eigenvalue weighted by atomic mass is 35.5. The lowest BCUT2D eigenvalue weighted by atomic mass is 9.78. The SMILES string of the molecule is CCCOc1ccc(NC(=O)[C@]2(OCCC)CCC[C@H](C)C2)cc1Cl. The zero-order valence-corrected chi connectivity index (χ0v) is 16.3. The molecule has 2 atom stereocenters. The standard InChI is InChI=1S/C20H30ClNO3/c1-4-11-24-18-9-8-16(13-17(18)21)22-19(23)20(25-12-5-2)10-6-7-15(3)14-20/h8-9,13,15H,4-7,10-12,14H2,1-3H3,(H,22,23)/t15-,20-/m0/s1. The van der Waals surface area contributed by atoms with Crippen LogP contribution in [0.4, 0.5) is 5.69 Å². The molecule has 0 heterocycles. The van der Waals surface area contributed by atoms with E-state index in [0.717, 1.165) is 38.5 Å². The number of carbonyl (C=O) groups is 1. The first-order valence-electron chi connectivity index (χ1n) is 9.38. The summed E-state index contributed by atoms with van der Waals surface area (Å²) in [5, 5.41) is 3.51. The first-order chi connectivity index (χ1) is 12.0. The van der Waals surface area contributed by atoms with Gasteiger partial charge in [-0.1, -0.05) is 38.8 Å². The van der Waals surface area contributed by atoms with Crippen LogP contribution in [0.15, 0.2) is 18.2 Å². The minimum Gasteiger partial charge on any atom is -0.492 e. The summed E-state index contributed by atoms with van der Waals surface area (Å²) in [6, 6.07) is 5.37. The molecule has 1 amide bonds. The van der Waals surface area contributed by atoms with Gasteiger partial charge in [-0.2, -0.15) is 0 Å². The lowest BCUT2D eigenvalue weighted by Gasteiger charge is -2.38. The Kier molecular flexibility index (Phi) is 7.57. The fourth-order valence-electron chi connectivity index (χ4n) is 3.36. The summed E-state index contributed by atoms with van der Waals surface area (Å²) in [6.45, 7) is 7.52. The molecule has 1 saturated carbocycles. The first kappa shape index (κ1) is 20.1. The predicted molar refractivity (Wildman–Crippen MR) is 102 cm³/mol. The summed E-state index contributed by atoms with van der Waals surface area (Å²) in [6.07, 6.45) is 5.53. The molecule has 1 aliphatic rings. The number of nitrogens with one attached hydrogen (secondary N) is 1. The Morgan fingerprint density at radius 3 is 2.72 bits per heavy atom. The molecule has 0 bridgehead atoms. The normalized spacial score (nSPS) is 23.3. The molecule has 1 aromatic rings. The van der Waals surface area contributed by atoms with Gasteiger partial charge in [0.15, 0.2) is 0 Å². The van der Waals surface area contributed by atoms with Crippen molar-refractivity contribution in [1.82, 2.24) is 0 Å². The van der Waals surface area contributed by atoms with Gasteiger partial charge in [-0.3, -0.25) is 4.79 Å². The van der Waals surface area contributed by atoms with E-state index in [-0.39, 0.29) is 5.91 Å². The van der Waals surface area contributed by atoms with Crippen molar-refractivity contribution in [2.45, 2.75) is 64.9 Å². The van der Waals surface area contributed by atoms with Crippen LogP contribution in [0, 0.1) is 5.92 Å². The molecule has 0 unspecified atom stereocenters. The maximum Gasteiger partial charge on any atom is 0.256 e. The van der Waals surface area contributed by atoms with Gasteiger partial charge in [-0.05, 0) is 56.2 Å². The van der Waals surface area contributed by atoms with Gasteiger partial charge in [0.2, 0.25) is 0 Å². The number of hydrogen-bond donors (Lipinski definition) is 1. The van der Waals surface area contributed by atoms with Crippen LogP contribution in [-0.4, -0.2) is 24.7 Å². The molecular weight excluding hydrogens is 338 g/mol. The Morgan fingerprint density at radius 1 is 1.32 bits per heavy atom. The number of benzene rings is 1. The van der Waals surface area contributed by atoms with Crippen LogP contribution >= 0.6 is 11.6 Å². The van der Waals surface area contributed by atoms with Crippen molar-refractivity contribution in [2.75, 3.05) is 18.5 Å². The number of amides is 1. The second-order valence-corrected chi connectivity index (χ2v) is 7.40. The molecule has 1 aromatic carbocycles. The average molecular weight is 368 g/mol. The maximum atomic E-state index is 13.0. The smallest absolute Gasteiger partial charge is 0.256 e. The van der Waals surface area contributed by atoms with E-state index in [4.69, 9.17) is 21.1 Å². The van der Waals surface area contributed by atoms with Crippen molar-refractivity contribution in [3.63, 3.8) is 0 Å². The van der Waals surface area contributed by atoms with Gasteiger partial charge >= 0.3 is 0 Å². The molecular formula is C20H30ClNO3. The van der Waals surface area contributed by atoms with Crippen LogP contribution < -0.4 is 10.1 Å². The topological polar surface area (TPSA) is 47.6 Å². The molecule has 0 aliphatic heterocycles. The van der Waals surface area contributed by atoms with Crippen LogP contribution in [0.25, 0.3) is 0 Å². The van der Waals surface area contributed by atoms with Crippen molar-refractivity contribution >= 4 is 23.2 Å². The molecule has 1 aliphatic carbocycles. The zero-order chi connectivity index (χ0) is 18.3. The van der Waals surface area contributed by atoms with Gasteiger partial charge < -0.3 is 14.8 Å². The van der Waals surface area contributed by atoms with E-state index < -0.39 is 5.60 Å². The van der Waals surface area contributed by atoms with Gasteiger partial charge in [-0.15, -0.1) is 0 Å². The largest absolute Gasteiger partial charge is 0.492 e.